The lowest BCUT2D eigenvalue weighted by Crippen LogP contribution is -2.13. The zero-order valence-electron chi connectivity index (χ0n) is 13.8. The molecule has 0 saturated carbocycles. The molecule has 0 aliphatic heterocycles. The van der Waals surface area contributed by atoms with Crippen molar-refractivity contribution in [2.45, 2.75) is 0 Å². The van der Waals surface area contributed by atoms with E-state index in [2.05, 4.69) is 15.6 Å². The van der Waals surface area contributed by atoms with Crippen LogP contribution in [0, 0.1) is 11.6 Å². The van der Waals surface area contributed by atoms with E-state index >= 15 is 0 Å². The number of hydrogen-bond acceptors (Lipinski definition) is 4. The predicted molar refractivity (Wildman–Crippen MR) is 94.8 cm³/mol. The SMILES string of the molecule is COc1ccccc1C(=O)Nc1ccc(Nc2c(F)cccc2F)nc1. The number of carbonyl (C=O) groups excluding carboxylic acids is 1. The first-order valence-electron chi connectivity index (χ1n) is 7.70. The van der Waals surface area contributed by atoms with Gasteiger partial charge in [-0.05, 0) is 36.4 Å². The van der Waals surface area contributed by atoms with Crippen molar-refractivity contribution in [3.63, 3.8) is 0 Å². The summed E-state index contributed by atoms with van der Waals surface area (Å²) in [6, 6.07) is 13.5. The van der Waals surface area contributed by atoms with Crippen LogP contribution in [-0.2, 0) is 0 Å². The highest BCUT2D eigenvalue weighted by Crippen LogP contribution is 2.23. The molecule has 0 atom stereocenters. The molecule has 26 heavy (non-hydrogen) atoms. The first-order chi connectivity index (χ1) is 12.6. The highest BCUT2D eigenvalue weighted by molar-refractivity contribution is 6.06. The number of carbonyl (C=O) groups is 1. The maximum absolute atomic E-state index is 13.6. The molecule has 5 nitrogen and oxygen atoms in total. The number of methoxy groups -OCH3 is 1. The fourth-order valence-electron chi connectivity index (χ4n) is 2.32. The Morgan fingerprint density at radius 3 is 2.38 bits per heavy atom. The molecule has 132 valence electrons. The second kappa shape index (κ2) is 7.60. The number of pyridine rings is 1. The Kier molecular flexibility index (Phi) is 5.07. The summed E-state index contributed by atoms with van der Waals surface area (Å²) in [5.74, 6) is -1.11. The summed E-state index contributed by atoms with van der Waals surface area (Å²) in [6.45, 7) is 0. The topological polar surface area (TPSA) is 63.2 Å². The van der Waals surface area contributed by atoms with E-state index in [9.17, 15) is 13.6 Å². The van der Waals surface area contributed by atoms with E-state index in [1.54, 1.807) is 30.3 Å². The number of amides is 1. The van der Waals surface area contributed by atoms with E-state index in [-0.39, 0.29) is 17.4 Å². The van der Waals surface area contributed by atoms with Crippen molar-refractivity contribution in [1.82, 2.24) is 4.98 Å². The third-order valence-electron chi connectivity index (χ3n) is 3.59. The molecule has 1 heterocycles. The predicted octanol–water partition coefficient (Wildman–Crippen LogP) is 4.36. The normalized spacial score (nSPS) is 10.3. The fourth-order valence-corrected chi connectivity index (χ4v) is 2.32. The van der Waals surface area contributed by atoms with Crippen molar-refractivity contribution in [3.8, 4) is 5.75 Å². The van der Waals surface area contributed by atoms with Gasteiger partial charge in [-0.3, -0.25) is 4.79 Å². The molecule has 3 aromatic rings. The van der Waals surface area contributed by atoms with Crippen LogP contribution in [0.1, 0.15) is 10.4 Å². The summed E-state index contributed by atoms with van der Waals surface area (Å²) in [5.41, 5.74) is 0.525. The standard InChI is InChI=1S/C19H15F2N3O2/c1-26-16-8-3-2-5-13(16)19(25)23-12-9-10-17(22-11-12)24-18-14(20)6-4-7-15(18)21/h2-11H,1H3,(H,22,24)(H,23,25). The zero-order chi connectivity index (χ0) is 18.5. The Morgan fingerprint density at radius 1 is 1.00 bits per heavy atom. The van der Waals surface area contributed by atoms with Crippen LogP contribution in [0.15, 0.2) is 60.8 Å². The molecular formula is C19H15F2N3O2. The number of ether oxygens (including phenoxy) is 1. The van der Waals surface area contributed by atoms with E-state index in [1.165, 1.54) is 25.4 Å². The molecule has 2 N–H and O–H groups in total. The zero-order valence-corrected chi connectivity index (χ0v) is 13.8. The average molecular weight is 355 g/mol. The number of hydrogen-bond donors (Lipinski definition) is 2. The lowest BCUT2D eigenvalue weighted by molar-refractivity contribution is 0.102. The van der Waals surface area contributed by atoms with Crippen LogP contribution in [0.25, 0.3) is 0 Å². The minimum absolute atomic E-state index is 0.240. The van der Waals surface area contributed by atoms with Crippen molar-refractivity contribution in [1.29, 1.82) is 0 Å². The van der Waals surface area contributed by atoms with Crippen LogP contribution in [0.4, 0.5) is 26.0 Å². The van der Waals surface area contributed by atoms with E-state index in [0.717, 1.165) is 12.1 Å². The summed E-state index contributed by atoms with van der Waals surface area (Å²) in [7, 11) is 1.48. The van der Waals surface area contributed by atoms with Gasteiger partial charge in [0.15, 0.2) is 0 Å². The van der Waals surface area contributed by atoms with Gasteiger partial charge in [0.2, 0.25) is 0 Å². The summed E-state index contributed by atoms with van der Waals surface area (Å²) in [4.78, 5) is 16.4. The summed E-state index contributed by atoms with van der Waals surface area (Å²) < 4.78 is 32.4. The minimum Gasteiger partial charge on any atom is -0.496 e. The Balaban J connectivity index is 1.73. The molecule has 0 saturated heterocycles. The Morgan fingerprint density at radius 2 is 1.73 bits per heavy atom. The smallest absolute Gasteiger partial charge is 0.259 e. The van der Waals surface area contributed by atoms with Crippen LogP contribution in [0.3, 0.4) is 0 Å². The molecule has 0 bridgehead atoms. The van der Waals surface area contributed by atoms with E-state index in [0.29, 0.717) is 17.0 Å². The molecule has 0 unspecified atom stereocenters. The van der Waals surface area contributed by atoms with Crippen molar-refractivity contribution < 1.29 is 18.3 Å². The van der Waals surface area contributed by atoms with Crippen LogP contribution in [0.2, 0.25) is 0 Å². The second-order valence-electron chi connectivity index (χ2n) is 5.31. The molecule has 0 fully saturated rings. The van der Waals surface area contributed by atoms with Crippen molar-refractivity contribution >= 4 is 23.1 Å². The molecule has 0 spiro atoms. The maximum atomic E-state index is 13.6. The monoisotopic (exact) mass is 355 g/mol. The van der Waals surface area contributed by atoms with Crippen LogP contribution < -0.4 is 15.4 Å². The van der Waals surface area contributed by atoms with Gasteiger partial charge in [0.25, 0.3) is 5.91 Å². The average Bonchev–Trinajstić information content (AvgIpc) is 2.66. The fraction of sp³-hybridized carbons (Fsp3) is 0.0526. The van der Waals surface area contributed by atoms with Gasteiger partial charge in [0, 0.05) is 0 Å². The van der Waals surface area contributed by atoms with E-state index < -0.39 is 11.6 Å². The lowest BCUT2D eigenvalue weighted by atomic mass is 10.2. The third kappa shape index (κ3) is 3.77. The number of anilines is 3. The van der Waals surface area contributed by atoms with Crippen molar-refractivity contribution in [2.75, 3.05) is 17.7 Å². The molecule has 0 aliphatic rings. The van der Waals surface area contributed by atoms with Crippen molar-refractivity contribution in [3.05, 3.63) is 78.0 Å². The maximum Gasteiger partial charge on any atom is 0.259 e. The van der Waals surface area contributed by atoms with Gasteiger partial charge in [0.05, 0.1) is 24.6 Å². The molecule has 0 aliphatic carbocycles. The highest BCUT2D eigenvalue weighted by atomic mass is 19.1. The molecular weight excluding hydrogens is 340 g/mol. The van der Waals surface area contributed by atoms with E-state index in [4.69, 9.17) is 4.74 Å². The van der Waals surface area contributed by atoms with Gasteiger partial charge >= 0.3 is 0 Å². The lowest BCUT2D eigenvalue weighted by Gasteiger charge is -2.10. The van der Waals surface area contributed by atoms with Crippen LogP contribution >= 0.6 is 0 Å². The van der Waals surface area contributed by atoms with Crippen LogP contribution in [-0.4, -0.2) is 18.0 Å². The largest absolute Gasteiger partial charge is 0.496 e. The summed E-state index contributed by atoms with van der Waals surface area (Å²) in [6.07, 6.45) is 1.38. The molecule has 0 radical (unpaired) electrons. The third-order valence-corrected chi connectivity index (χ3v) is 3.59. The quantitative estimate of drug-likeness (QED) is 0.714. The molecule has 3 rings (SSSR count). The highest BCUT2D eigenvalue weighted by Gasteiger charge is 2.12. The molecule has 2 aromatic carbocycles. The summed E-state index contributed by atoms with van der Waals surface area (Å²) >= 11 is 0. The summed E-state index contributed by atoms with van der Waals surface area (Å²) in [5, 5.41) is 5.27. The van der Waals surface area contributed by atoms with E-state index in [1.807, 2.05) is 0 Å². The van der Waals surface area contributed by atoms with Gasteiger partial charge in [-0.15, -0.1) is 0 Å². The molecule has 1 amide bonds. The number of benzene rings is 2. The van der Waals surface area contributed by atoms with Gasteiger partial charge < -0.3 is 15.4 Å². The number of nitrogens with one attached hydrogen (secondary N) is 2. The number of aromatic nitrogens is 1. The first-order valence-corrected chi connectivity index (χ1v) is 7.70. The van der Waals surface area contributed by atoms with Crippen molar-refractivity contribution in [2.24, 2.45) is 0 Å². The number of para-hydroxylation sites is 2. The van der Waals surface area contributed by atoms with Crippen LogP contribution in [0.5, 0.6) is 5.75 Å². The van der Waals surface area contributed by atoms with Gasteiger partial charge in [-0.1, -0.05) is 18.2 Å². The molecule has 1 aromatic heterocycles. The molecule has 7 heteroatoms. The Bertz CT molecular complexity index is 910. The number of halogens is 2. The van der Waals surface area contributed by atoms with Gasteiger partial charge in [0.1, 0.15) is 28.9 Å². The van der Waals surface area contributed by atoms with Gasteiger partial charge in [-0.25, -0.2) is 13.8 Å². The Hall–Kier alpha value is -3.48. The minimum atomic E-state index is -0.722. The number of nitrogens with zero attached hydrogens (tertiary/aromatic N) is 1. The number of rotatable bonds is 5. The second-order valence-corrected chi connectivity index (χ2v) is 5.31. The van der Waals surface area contributed by atoms with Gasteiger partial charge in [-0.2, -0.15) is 0 Å². The first kappa shape index (κ1) is 17.3. The Labute approximate surface area is 148 Å².